The van der Waals surface area contributed by atoms with Crippen LogP contribution in [0.5, 0.6) is 0 Å². The highest BCUT2D eigenvalue weighted by Gasteiger charge is 2.20. The van der Waals surface area contributed by atoms with Gasteiger partial charge in [0.25, 0.3) is 0 Å². The second kappa shape index (κ2) is 9.97. The fourth-order valence-electron chi connectivity index (χ4n) is 3.25. The lowest BCUT2D eigenvalue weighted by molar-refractivity contribution is -0.141. The molecule has 0 bridgehead atoms. The molecule has 0 fully saturated rings. The van der Waals surface area contributed by atoms with Crippen molar-refractivity contribution >= 4 is 39.0 Å². The van der Waals surface area contributed by atoms with E-state index in [0.29, 0.717) is 17.9 Å². The van der Waals surface area contributed by atoms with Crippen LogP contribution in [0.15, 0.2) is 59.1 Å². The Balaban J connectivity index is 1.88. The lowest BCUT2D eigenvalue weighted by atomic mass is 10.2. The van der Waals surface area contributed by atoms with Crippen molar-refractivity contribution in [3.05, 3.63) is 65.6 Å². The van der Waals surface area contributed by atoms with E-state index in [1.165, 1.54) is 39.2 Å². The van der Waals surface area contributed by atoms with Gasteiger partial charge in [-0.15, -0.1) is 0 Å². The molecule has 1 aromatic heterocycles. The monoisotopic (exact) mass is 470 g/mol. The maximum atomic E-state index is 12.7. The van der Waals surface area contributed by atoms with Gasteiger partial charge in [-0.1, -0.05) is 30.3 Å². The minimum Gasteiger partial charge on any atom is -0.453 e. The van der Waals surface area contributed by atoms with E-state index in [0.717, 1.165) is 15.4 Å². The Bertz CT molecular complexity index is 1310. The standard InChI is InChI=1S/C23H26N4O5S/c1-5-27-21-12-11-18(33(30,31)26(3)4)14-19(21)25-22(27)15-32-23(29)20(24-16(2)28)13-17-9-7-6-8-10-17/h6-14H,5,15H2,1-4H3,(H,24,28). The molecule has 2 aromatic carbocycles. The summed E-state index contributed by atoms with van der Waals surface area (Å²) in [6, 6.07) is 13.8. The number of sulfonamides is 1. The Hall–Kier alpha value is -3.50. The van der Waals surface area contributed by atoms with Crippen molar-refractivity contribution in [3.8, 4) is 0 Å². The van der Waals surface area contributed by atoms with Crippen LogP contribution in [0.1, 0.15) is 25.2 Å². The van der Waals surface area contributed by atoms with E-state index in [1.54, 1.807) is 18.2 Å². The van der Waals surface area contributed by atoms with Gasteiger partial charge >= 0.3 is 5.97 Å². The number of nitrogens with one attached hydrogen (secondary N) is 1. The van der Waals surface area contributed by atoms with Crippen LogP contribution in [0.4, 0.5) is 0 Å². The average molecular weight is 471 g/mol. The molecule has 3 rings (SSSR count). The first-order valence-electron chi connectivity index (χ1n) is 10.3. The van der Waals surface area contributed by atoms with Crippen molar-refractivity contribution < 1.29 is 22.7 Å². The highest BCUT2D eigenvalue weighted by molar-refractivity contribution is 7.89. The number of carbonyl (C=O) groups excluding carboxylic acids is 2. The van der Waals surface area contributed by atoms with Crippen LogP contribution in [0.25, 0.3) is 17.1 Å². The first kappa shape index (κ1) is 24.1. The molecule has 0 aliphatic carbocycles. The average Bonchev–Trinajstić information content (AvgIpc) is 3.14. The zero-order valence-corrected chi connectivity index (χ0v) is 19.7. The molecule has 0 saturated carbocycles. The molecule has 10 heteroatoms. The topological polar surface area (TPSA) is 111 Å². The van der Waals surface area contributed by atoms with Crippen molar-refractivity contribution in [2.24, 2.45) is 0 Å². The second-order valence-corrected chi connectivity index (χ2v) is 9.59. The molecule has 3 aromatic rings. The van der Waals surface area contributed by atoms with E-state index >= 15 is 0 Å². The normalized spacial score (nSPS) is 12.2. The Morgan fingerprint density at radius 3 is 2.45 bits per heavy atom. The zero-order valence-electron chi connectivity index (χ0n) is 18.9. The van der Waals surface area contributed by atoms with Crippen molar-refractivity contribution in [3.63, 3.8) is 0 Å². The fraction of sp³-hybridized carbons (Fsp3) is 0.261. The van der Waals surface area contributed by atoms with Crippen molar-refractivity contribution in [2.75, 3.05) is 14.1 Å². The molecule has 0 radical (unpaired) electrons. The van der Waals surface area contributed by atoms with E-state index in [-0.39, 0.29) is 17.2 Å². The SMILES string of the molecule is CCn1c(COC(=O)C(=Cc2ccccc2)NC(C)=O)nc2cc(S(=O)(=O)N(C)C)ccc21. The van der Waals surface area contributed by atoms with Gasteiger partial charge in [0.15, 0.2) is 0 Å². The summed E-state index contributed by atoms with van der Waals surface area (Å²) >= 11 is 0. The summed E-state index contributed by atoms with van der Waals surface area (Å²) in [4.78, 5) is 28.9. The van der Waals surface area contributed by atoms with Crippen LogP contribution in [-0.4, -0.2) is 48.2 Å². The maximum absolute atomic E-state index is 12.7. The second-order valence-electron chi connectivity index (χ2n) is 7.44. The molecule has 0 aliphatic heterocycles. The van der Waals surface area contributed by atoms with Gasteiger partial charge in [0.2, 0.25) is 15.9 Å². The number of aryl methyl sites for hydroxylation is 1. The van der Waals surface area contributed by atoms with Gasteiger partial charge in [-0.2, -0.15) is 0 Å². The summed E-state index contributed by atoms with van der Waals surface area (Å²) in [6.07, 6.45) is 1.53. The van der Waals surface area contributed by atoms with Gasteiger partial charge < -0.3 is 14.6 Å². The number of amides is 1. The number of ether oxygens (including phenoxy) is 1. The largest absolute Gasteiger partial charge is 0.453 e. The number of rotatable bonds is 8. The maximum Gasteiger partial charge on any atom is 0.355 e. The van der Waals surface area contributed by atoms with E-state index < -0.39 is 21.9 Å². The third-order valence-corrected chi connectivity index (χ3v) is 6.68. The van der Waals surface area contributed by atoms with Gasteiger partial charge in [-0.3, -0.25) is 4.79 Å². The molecule has 0 aliphatic rings. The third-order valence-electron chi connectivity index (χ3n) is 4.87. The molecule has 9 nitrogen and oxygen atoms in total. The molecule has 1 N–H and O–H groups in total. The number of esters is 1. The Kier molecular flexibility index (Phi) is 7.29. The fourth-order valence-corrected chi connectivity index (χ4v) is 4.18. The lowest BCUT2D eigenvalue weighted by Gasteiger charge is -2.11. The summed E-state index contributed by atoms with van der Waals surface area (Å²) in [5.41, 5.74) is 1.94. The Labute approximate surface area is 192 Å². The summed E-state index contributed by atoms with van der Waals surface area (Å²) in [5, 5.41) is 2.50. The molecule has 1 heterocycles. The molecule has 33 heavy (non-hydrogen) atoms. The predicted molar refractivity (Wildman–Crippen MR) is 124 cm³/mol. The molecule has 0 unspecified atom stereocenters. The molecule has 174 valence electrons. The van der Waals surface area contributed by atoms with E-state index in [4.69, 9.17) is 4.74 Å². The minimum atomic E-state index is -3.61. The predicted octanol–water partition coefficient (Wildman–Crippen LogP) is 2.53. The molecule has 0 atom stereocenters. The van der Waals surface area contributed by atoms with E-state index in [9.17, 15) is 18.0 Å². The molecule has 0 saturated heterocycles. The van der Waals surface area contributed by atoms with Crippen LogP contribution in [0, 0.1) is 0 Å². The quantitative estimate of drug-likeness (QED) is 0.400. The summed E-state index contributed by atoms with van der Waals surface area (Å²) in [5.74, 6) is -0.647. The summed E-state index contributed by atoms with van der Waals surface area (Å²) < 4.78 is 33.3. The van der Waals surface area contributed by atoms with Crippen LogP contribution >= 0.6 is 0 Å². The smallest absolute Gasteiger partial charge is 0.355 e. The highest BCUT2D eigenvalue weighted by Crippen LogP contribution is 2.22. The van der Waals surface area contributed by atoms with Crippen molar-refractivity contribution in [1.29, 1.82) is 0 Å². The first-order valence-corrected chi connectivity index (χ1v) is 11.7. The van der Waals surface area contributed by atoms with Gasteiger partial charge in [0.1, 0.15) is 18.1 Å². The minimum absolute atomic E-state index is 0.00669. The molecule has 0 spiro atoms. The number of imidazole rings is 1. The van der Waals surface area contributed by atoms with Crippen LogP contribution in [0.3, 0.4) is 0 Å². The highest BCUT2D eigenvalue weighted by atomic mass is 32.2. The number of nitrogens with zero attached hydrogens (tertiary/aromatic N) is 3. The number of benzene rings is 2. The van der Waals surface area contributed by atoms with Gasteiger partial charge in [0, 0.05) is 27.6 Å². The van der Waals surface area contributed by atoms with E-state index in [1.807, 2.05) is 29.7 Å². The van der Waals surface area contributed by atoms with Gasteiger partial charge in [-0.05, 0) is 36.8 Å². The van der Waals surface area contributed by atoms with Gasteiger partial charge in [0.05, 0.1) is 15.9 Å². The molecular formula is C23H26N4O5S. The number of aromatic nitrogens is 2. The van der Waals surface area contributed by atoms with E-state index in [2.05, 4.69) is 10.3 Å². The Morgan fingerprint density at radius 2 is 1.85 bits per heavy atom. The van der Waals surface area contributed by atoms with Crippen LogP contribution in [0.2, 0.25) is 0 Å². The van der Waals surface area contributed by atoms with Crippen molar-refractivity contribution in [1.82, 2.24) is 19.2 Å². The number of hydrogen-bond acceptors (Lipinski definition) is 6. The number of carbonyl (C=O) groups is 2. The van der Waals surface area contributed by atoms with Gasteiger partial charge in [-0.25, -0.2) is 22.5 Å². The molecule has 1 amide bonds. The number of hydrogen-bond donors (Lipinski definition) is 1. The summed E-state index contributed by atoms with van der Waals surface area (Å²) in [7, 11) is -0.680. The molecular weight excluding hydrogens is 444 g/mol. The van der Waals surface area contributed by atoms with Crippen molar-refractivity contribution in [2.45, 2.75) is 31.9 Å². The summed E-state index contributed by atoms with van der Waals surface area (Å²) in [6.45, 7) is 3.61. The zero-order chi connectivity index (χ0) is 24.2. The van der Waals surface area contributed by atoms with Crippen LogP contribution in [-0.2, 0) is 37.5 Å². The third kappa shape index (κ3) is 5.47. The van der Waals surface area contributed by atoms with Crippen LogP contribution < -0.4 is 5.32 Å². The lowest BCUT2D eigenvalue weighted by Crippen LogP contribution is -2.26. The number of fused-ring (bicyclic) bond motifs is 1. The Morgan fingerprint density at radius 1 is 1.15 bits per heavy atom. The first-order chi connectivity index (χ1) is 15.6.